The predicted molar refractivity (Wildman–Crippen MR) is 232 cm³/mol. The fraction of sp³-hybridized carbons (Fsp3) is 0. The van der Waals surface area contributed by atoms with Crippen molar-refractivity contribution in [2.75, 3.05) is 0 Å². The Hall–Kier alpha value is -7.08. The Bertz CT molecular complexity index is 3700. The van der Waals surface area contributed by atoms with Crippen molar-refractivity contribution in [2.45, 2.75) is 0 Å². The maximum absolute atomic E-state index is 5.27. The van der Waals surface area contributed by atoms with E-state index < -0.39 is 0 Å². The van der Waals surface area contributed by atoms with Gasteiger partial charge in [-0.3, -0.25) is 0 Å². The quantitative estimate of drug-likeness (QED) is 0.182. The molecule has 5 aromatic heterocycles. The molecule has 0 bridgehead atoms. The van der Waals surface area contributed by atoms with E-state index in [4.69, 9.17) is 9.97 Å². The van der Waals surface area contributed by atoms with E-state index in [2.05, 4.69) is 179 Å². The number of benzene rings is 8. The molecule has 0 aliphatic heterocycles. The topological polar surface area (TPSA) is 35.1 Å². The van der Waals surface area contributed by atoms with Crippen molar-refractivity contribution in [1.82, 2.24) is 18.9 Å². The number of para-hydroxylation sites is 2. The summed E-state index contributed by atoms with van der Waals surface area (Å²) in [6.45, 7) is 0. The lowest BCUT2D eigenvalue weighted by molar-refractivity contribution is 1.18. The Kier molecular flexibility index (Phi) is 5.74. The highest BCUT2D eigenvalue weighted by Gasteiger charge is 2.25. The number of fused-ring (bicyclic) bond motifs is 15. The Morgan fingerprint density at radius 3 is 1.96 bits per heavy atom. The number of thiophene rings is 1. The van der Waals surface area contributed by atoms with Gasteiger partial charge in [-0.05, 0) is 65.4 Å². The van der Waals surface area contributed by atoms with Crippen LogP contribution in [0.2, 0.25) is 0 Å². The van der Waals surface area contributed by atoms with Crippen LogP contribution in [0.4, 0.5) is 0 Å². The third kappa shape index (κ3) is 3.89. The van der Waals surface area contributed by atoms with Crippen molar-refractivity contribution in [3.8, 4) is 28.3 Å². The van der Waals surface area contributed by atoms with Crippen LogP contribution in [0.25, 0.3) is 119 Å². The van der Waals surface area contributed by atoms with Crippen LogP contribution in [0.5, 0.6) is 0 Å². The largest absolute Gasteiger partial charge is 0.309 e. The summed E-state index contributed by atoms with van der Waals surface area (Å²) in [6, 6.07) is 61.5. The van der Waals surface area contributed by atoms with Crippen LogP contribution in [0.3, 0.4) is 0 Å². The highest BCUT2D eigenvalue weighted by atomic mass is 32.1. The normalized spacial score (nSPS) is 12.4. The van der Waals surface area contributed by atoms with E-state index in [-0.39, 0.29) is 0 Å². The zero-order valence-corrected chi connectivity index (χ0v) is 30.2. The Labute approximate surface area is 318 Å². The lowest BCUT2D eigenvalue weighted by Crippen LogP contribution is -1.96. The van der Waals surface area contributed by atoms with Crippen LogP contribution in [0, 0.1) is 0 Å². The molecule has 13 rings (SSSR count). The molecule has 254 valence electrons. The van der Waals surface area contributed by atoms with Crippen LogP contribution in [-0.4, -0.2) is 18.9 Å². The molecule has 13 aromatic rings. The minimum atomic E-state index is 0.730. The second-order valence-electron chi connectivity index (χ2n) is 14.5. The first kappa shape index (κ1) is 29.4. The highest BCUT2D eigenvalue weighted by Crippen LogP contribution is 2.48. The highest BCUT2D eigenvalue weighted by molar-refractivity contribution is 7.26. The Morgan fingerprint density at radius 2 is 1.13 bits per heavy atom. The third-order valence-electron chi connectivity index (χ3n) is 11.6. The van der Waals surface area contributed by atoms with Gasteiger partial charge in [0.15, 0.2) is 5.82 Å². The molecule has 0 spiro atoms. The summed E-state index contributed by atoms with van der Waals surface area (Å²) in [5.41, 5.74) is 11.3. The zero-order valence-electron chi connectivity index (χ0n) is 29.4. The van der Waals surface area contributed by atoms with E-state index in [9.17, 15) is 0 Å². The predicted octanol–water partition coefficient (Wildman–Crippen LogP) is 13.6. The molecule has 0 saturated carbocycles. The van der Waals surface area contributed by atoms with E-state index in [1.807, 2.05) is 0 Å². The molecule has 0 aliphatic rings. The maximum Gasteiger partial charge on any atom is 0.160 e. The molecule has 5 heterocycles. The molecule has 8 aromatic carbocycles. The van der Waals surface area contributed by atoms with Crippen LogP contribution in [0.15, 0.2) is 170 Å². The van der Waals surface area contributed by atoms with E-state index in [1.54, 1.807) is 11.3 Å². The van der Waals surface area contributed by atoms with Crippen LogP contribution < -0.4 is 0 Å². The van der Waals surface area contributed by atoms with Crippen molar-refractivity contribution in [3.05, 3.63) is 170 Å². The van der Waals surface area contributed by atoms with E-state index in [1.165, 1.54) is 80.8 Å². The molecule has 55 heavy (non-hydrogen) atoms. The standard InChI is InChI=1S/C50H28N4S/c1-2-13-30(14-3-1)45-49-46(36-18-8-11-21-42(36)55-49)52-50(51-45)31-22-25-32(26-23-31)53-41-27-24-29-12-4-5-15-33(29)43(41)38-28-37-34-16-6-9-19-39(34)54-40-20-10-7-17-35(40)44(47(37)54)48(38)53/h1-28H. The van der Waals surface area contributed by atoms with Crippen molar-refractivity contribution in [2.24, 2.45) is 0 Å². The number of hydrogen-bond acceptors (Lipinski definition) is 3. The average Bonchev–Trinajstić information content (AvgIpc) is 3.99. The summed E-state index contributed by atoms with van der Waals surface area (Å²) in [5.74, 6) is 0.730. The molecule has 0 N–H and O–H groups in total. The average molecular weight is 717 g/mol. The zero-order chi connectivity index (χ0) is 35.8. The van der Waals surface area contributed by atoms with E-state index >= 15 is 0 Å². The van der Waals surface area contributed by atoms with Gasteiger partial charge in [-0.15, -0.1) is 11.3 Å². The van der Waals surface area contributed by atoms with Gasteiger partial charge in [0.25, 0.3) is 0 Å². The van der Waals surface area contributed by atoms with Gasteiger partial charge in [-0.1, -0.05) is 115 Å². The maximum atomic E-state index is 5.27. The number of nitrogens with zero attached hydrogens (tertiary/aromatic N) is 4. The van der Waals surface area contributed by atoms with E-state index in [0.29, 0.717) is 0 Å². The fourth-order valence-electron chi connectivity index (χ4n) is 9.31. The van der Waals surface area contributed by atoms with Crippen LogP contribution in [0.1, 0.15) is 0 Å². The van der Waals surface area contributed by atoms with Gasteiger partial charge >= 0.3 is 0 Å². The molecule has 5 heteroatoms. The summed E-state index contributed by atoms with van der Waals surface area (Å²) in [5, 5.41) is 11.3. The molecule has 0 unspecified atom stereocenters. The third-order valence-corrected chi connectivity index (χ3v) is 12.8. The summed E-state index contributed by atoms with van der Waals surface area (Å²) in [4.78, 5) is 10.5. The van der Waals surface area contributed by atoms with Gasteiger partial charge in [-0.2, -0.15) is 0 Å². The lowest BCUT2D eigenvalue weighted by Gasteiger charge is -2.11. The van der Waals surface area contributed by atoms with Crippen molar-refractivity contribution in [3.63, 3.8) is 0 Å². The van der Waals surface area contributed by atoms with Crippen molar-refractivity contribution < 1.29 is 0 Å². The van der Waals surface area contributed by atoms with Gasteiger partial charge in [0.2, 0.25) is 0 Å². The second kappa shape index (κ2) is 10.8. The molecule has 0 aliphatic carbocycles. The van der Waals surface area contributed by atoms with Gasteiger partial charge in [0, 0.05) is 59.2 Å². The first-order chi connectivity index (χ1) is 27.3. The smallest absolute Gasteiger partial charge is 0.160 e. The first-order valence-corrected chi connectivity index (χ1v) is 19.5. The molecule has 0 amide bonds. The molecular weight excluding hydrogens is 689 g/mol. The second-order valence-corrected chi connectivity index (χ2v) is 15.6. The molecule has 0 radical (unpaired) electrons. The molecule has 0 fully saturated rings. The Morgan fingerprint density at radius 1 is 0.436 bits per heavy atom. The summed E-state index contributed by atoms with van der Waals surface area (Å²) in [6.07, 6.45) is 0. The molecule has 0 saturated heterocycles. The summed E-state index contributed by atoms with van der Waals surface area (Å²) < 4.78 is 7.31. The fourth-order valence-corrected chi connectivity index (χ4v) is 10.5. The van der Waals surface area contributed by atoms with Gasteiger partial charge in [0.1, 0.15) is 0 Å². The summed E-state index contributed by atoms with van der Waals surface area (Å²) in [7, 11) is 0. The van der Waals surface area contributed by atoms with Crippen molar-refractivity contribution >= 4 is 102 Å². The molecular formula is C50H28N4S. The summed E-state index contributed by atoms with van der Waals surface area (Å²) >= 11 is 1.77. The van der Waals surface area contributed by atoms with Crippen molar-refractivity contribution in [1.29, 1.82) is 0 Å². The Balaban J connectivity index is 1.12. The number of hydrogen-bond donors (Lipinski definition) is 0. The van der Waals surface area contributed by atoms with Crippen LogP contribution >= 0.6 is 11.3 Å². The minimum Gasteiger partial charge on any atom is -0.309 e. The van der Waals surface area contributed by atoms with Gasteiger partial charge in [-0.25, -0.2) is 9.97 Å². The monoisotopic (exact) mass is 716 g/mol. The molecule has 4 nitrogen and oxygen atoms in total. The van der Waals surface area contributed by atoms with Crippen LogP contribution in [-0.2, 0) is 0 Å². The van der Waals surface area contributed by atoms with E-state index in [0.717, 1.165) is 38.5 Å². The molecule has 0 atom stereocenters. The number of aromatic nitrogens is 4. The van der Waals surface area contributed by atoms with Gasteiger partial charge in [0.05, 0.1) is 43.5 Å². The lowest BCUT2D eigenvalue weighted by atomic mass is 10.0. The first-order valence-electron chi connectivity index (χ1n) is 18.7. The van der Waals surface area contributed by atoms with Gasteiger partial charge < -0.3 is 8.97 Å². The SMILES string of the molecule is c1ccc(-c2nc(-c3ccc(-n4c5ccc6ccccc6c5c5cc6c7ccccc7n7c8ccccc8c(c54)c67)cc3)nc3c2sc2ccccc23)cc1. The minimum absolute atomic E-state index is 0.730. The number of rotatable bonds is 3.